The molecule has 2 aromatic rings. The summed E-state index contributed by atoms with van der Waals surface area (Å²) >= 11 is 4.88. The molecule has 0 unspecified atom stereocenters. The fourth-order valence-electron chi connectivity index (χ4n) is 2.11. The van der Waals surface area contributed by atoms with E-state index in [0.717, 1.165) is 14.6 Å². The maximum atomic E-state index is 12.6. The van der Waals surface area contributed by atoms with Crippen molar-refractivity contribution in [2.45, 2.75) is 13.8 Å². The van der Waals surface area contributed by atoms with Gasteiger partial charge in [-0.2, -0.15) is 0 Å². The number of nitrogens with two attached hydrogens (primary N) is 1. The van der Waals surface area contributed by atoms with Gasteiger partial charge in [-0.05, 0) is 32.0 Å². The van der Waals surface area contributed by atoms with Crippen LogP contribution in [-0.2, 0) is 4.74 Å². The topological polar surface area (TPSA) is 55.6 Å². The highest BCUT2D eigenvalue weighted by atomic mass is 79.9. The van der Waals surface area contributed by atoms with Gasteiger partial charge < -0.3 is 15.4 Å². The smallest absolute Gasteiger partial charge is 0.266 e. The molecule has 2 rings (SSSR count). The highest BCUT2D eigenvalue weighted by molar-refractivity contribution is 9.10. The number of nitrogens with zero attached hydrogens (tertiary/aromatic N) is 1. The predicted octanol–water partition coefficient (Wildman–Crippen LogP) is 3.74. The van der Waals surface area contributed by atoms with Crippen molar-refractivity contribution in [3.05, 3.63) is 27.5 Å². The van der Waals surface area contributed by atoms with E-state index < -0.39 is 0 Å². The summed E-state index contributed by atoms with van der Waals surface area (Å²) in [6, 6.07) is 5.89. The molecule has 1 aromatic carbocycles. The highest BCUT2D eigenvalue weighted by Crippen LogP contribution is 2.35. The molecule has 0 bridgehead atoms. The second kappa shape index (κ2) is 7.24. The molecule has 0 saturated carbocycles. The number of rotatable bonds is 6. The van der Waals surface area contributed by atoms with Gasteiger partial charge >= 0.3 is 0 Å². The van der Waals surface area contributed by atoms with Crippen molar-refractivity contribution in [1.29, 1.82) is 0 Å². The average Bonchev–Trinajstić information content (AvgIpc) is 2.80. The Bertz CT molecular complexity index is 642. The van der Waals surface area contributed by atoms with Crippen molar-refractivity contribution in [3.8, 4) is 0 Å². The molecule has 1 heterocycles. The highest BCUT2D eigenvalue weighted by Gasteiger charge is 2.21. The lowest BCUT2D eigenvalue weighted by Crippen LogP contribution is -2.33. The number of amides is 1. The van der Waals surface area contributed by atoms with Gasteiger partial charge in [-0.25, -0.2) is 0 Å². The third-order valence-corrected chi connectivity index (χ3v) is 4.93. The molecular formula is C15H19BrN2O2S. The third kappa shape index (κ3) is 3.56. The molecular weight excluding hydrogens is 352 g/mol. The second-order valence-electron chi connectivity index (χ2n) is 4.57. The number of thiophene rings is 1. The lowest BCUT2D eigenvalue weighted by atomic mass is 10.2. The van der Waals surface area contributed by atoms with Gasteiger partial charge in [0.25, 0.3) is 5.91 Å². The van der Waals surface area contributed by atoms with Gasteiger partial charge in [0.2, 0.25) is 0 Å². The SMILES string of the molecule is CCOCCN(CC)C(=O)c1sc2ccc(Br)cc2c1N. The molecule has 0 spiro atoms. The Hall–Kier alpha value is -1.11. The van der Waals surface area contributed by atoms with E-state index in [4.69, 9.17) is 10.5 Å². The van der Waals surface area contributed by atoms with Crippen LogP contribution in [-0.4, -0.2) is 37.1 Å². The first-order chi connectivity index (χ1) is 10.1. The summed E-state index contributed by atoms with van der Waals surface area (Å²) in [6.45, 7) is 6.34. The Morgan fingerprint density at radius 3 is 2.86 bits per heavy atom. The molecule has 0 saturated heterocycles. The molecule has 1 aromatic heterocycles. The van der Waals surface area contributed by atoms with Crippen molar-refractivity contribution < 1.29 is 9.53 Å². The third-order valence-electron chi connectivity index (χ3n) is 3.26. The Morgan fingerprint density at radius 2 is 2.19 bits per heavy atom. The molecule has 0 radical (unpaired) electrons. The largest absolute Gasteiger partial charge is 0.397 e. The van der Waals surface area contributed by atoms with Gasteiger partial charge in [-0.15, -0.1) is 11.3 Å². The van der Waals surface area contributed by atoms with Crippen molar-refractivity contribution >= 4 is 48.9 Å². The summed E-state index contributed by atoms with van der Waals surface area (Å²) in [4.78, 5) is 15.0. The van der Waals surface area contributed by atoms with Crippen LogP contribution in [0.3, 0.4) is 0 Å². The van der Waals surface area contributed by atoms with E-state index in [2.05, 4.69) is 15.9 Å². The van der Waals surface area contributed by atoms with E-state index in [1.54, 1.807) is 4.90 Å². The zero-order valence-electron chi connectivity index (χ0n) is 12.2. The molecule has 4 nitrogen and oxygen atoms in total. The average molecular weight is 371 g/mol. The van der Waals surface area contributed by atoms with Crippen LogP contribution in [0.25, 0.3) is 10.1 Å². The Labute approximate surface area is 137 Å². The van der Waals surface area contributed by atoms with Crippen LogP contribution in [0, 0.1) is 0 Å². The number of carbonyl (C=O) groups is 1. The van der Waals surface area contributed by atoms with Gasteiger partial charge in [0.15, 0.2) is 0 Å². The van der Waals surface area contributed by atoms with E-state index in [1.165, 1.54) is 11.3 Å². The first kappa shape index (κ1) is 16.3. The molecule has 0 fully saturated rings. The van der Waals surface area contributed by atoms with Crippen LogP contribution in [0.2, 0.25) is 0 Å². The maximum Gasteiger partial charge on any atom is 0.266 e. The first-order valence-corrected chi connectivity index (χ1v) is 8.54. The summed E-state index contributed by atoms with van der Waals surface area (Å²) < 4.78 is 7.32. The lowest BCUT2D eigenvalue weighted by molar-refractivity contribution is 0.0674. The zero-order valence-corrected chi connectivity index (χ0v) is 14.6. The molecule has 1 amide bonds. The van der Waals surface area contributed by atoms with Crippen LogP contribution < -0.4 is 5.73 Å². The number of carbonyl (C=O) groups excluding carboxylic acids is 1. The lowest BCUT2D eigenvalue weighted by Gasteiger charge is -2.20. The van der Waals surface area contributed by atoms with E-state index in [9.17, 15) is 4.79 Å². The number of nitrogen functional groups attached to an aromatic ring is 1. The monoisotopic (exact) mass is 370 g/mol. The molecule has 0 aliphatic heterocycles. The van der Waals surface area contributed by atoms with Crippen LogP contribution in [0.5, 0.6) is 0 Å². The summed E-state index contributed by atoms with van der Waals surface area (Å²) in [5.74, 6) is -0.0213. The van der Waals surface area contributed by atoms with Gasteiger partial charge in [0.1, 0.15) is 4.88 Å². The summed E-state index contributed by atoms with van der Waals surface area (Å²) in [6.07, 6.45) is 0. The molecule has 0 aliphatic rings. The molecule has 6 heteroatoms. The van der Waals surface area contributed by atoms with Crippen LogP contribution in [0.1, 0.15) is 23.5 Å². The van der Waals surface area contributed by atoms with Gasteiger partial charge in [0.05, 0.1) is 12.3 Å². The molecule has 114 valence electrons. The van der Waals surface area contributed by atoms with E-state index in [-0.39, 0.29) is 5.91 Å². The van der Waals surface area contributed by atoms with Crippen LogP contribution in [0.15, 0.2) is 22.7 Å². The van der Waals surface area contributed by atoms with Crippen molar-refractivity contribution in [2.75, 3.05) is 32.0 Å². The molecule has 0 aliphatic carbocycles. The molecule has 0 atom stereocenters. The number of likely N-dealkylation sites (N-methyl/N-ethyl adjacent to an activating group) is 1. The number of fused-ring (bicyclic) bond motifs is 1. The van der Waals surface area contributed by atoms with Crippen molar-refractivity contribution in [2.24, 2.45) is 0 Å². The maximum absolute atomic E-state index is 12.6. The first-order valence-electron chi connectivity index (χ1n) is 6.93. The van der Waals surface area contributed by atoms with E-state index in [1.807, 2.05) is 32.0 Å². The van der Waals surface area contributed by atoms with Gasteiger partial charge in [-0.1, -0.05) is 15.9 Å². The Balaban J connectivity index is 2.27. The summed E-state index contributed by atoms with van der Waals surface area (Å²) in [5, 5.41) is 0.929. The normalized spacial score (nSPS) is 11.0. The van der Waals surface area contributed by atoms with Crippen molar-refractivity contribution in [1.82, 2.24) is 4.90 Å². The number of hydrogen-bond donors (Lipinski definition) is 1. The standard InChI is InChI=1S/C15H19BrN2O2S/c1-3-18(7-8-20-4-2)15(19)14-13(17)11-9-10(16)5-6-12(11)21-14/h5-6,9H,3-4,7-8,17H2,1-2H3. The minimum atomic E-state index is -0.0213. The Kier molecular flexibility index (Phi) is 5.61. The molecule has 2 N–H and O–H groups in total. The summed E-state index contributed by atoms with van der Waals surface area (Å²) in [5.41, 5.74) is 6.73. The number of hydrogen-bond acceptors (Lipinski definition) is 4. The summed E-state index contributed by atoms with van der Waals surface area (Å²) in [7, 11) is 0. The molecule has 21 heavy (non-hydrogen) atoms. The fourth-order valence-corrected chi connectivity index (χ4v) is 3.55. The van der Waals surface area contributed by atoms with Crippen LogP contribution in [0.4, 0.5) is 5.69 Å². The second-order valence-corrected chi connectivity index (χ2v) is 6.53. The zero-order chi connectivity index (χ0) is 15.4. The van der Waals surface area contributed by atoms with Crippen LogP contribution >= 0.6 is 27.3 Å². The van der Waals surface area contributed by atoms with E-state index in [0.29, 0.717) is 36.9 Å². The van der Waals surface area contributed by atoms with Crippen molar-refractivity contribution in [3.63, 3.8) is 0 Å². The van der Waals surface area contributed by atoms with Gasteiger partial charge in [0, 0.05) is 34.3 Å². The predicted molar refractivity (Wildman–Crippen MR) is 92.0 cm³/mol. The minimum Gasteiger partial charge on any atom is -0.397 e. The van der Waals surface area contributed by atoms with E-state index >= 15 is 0 Å². The Morgan fingerprint density at radius 1 is 1.43 bits per heavy atom. The number of anilines is 1. The number of benzene rings is 1. The minimum absolute atomic E-state index is 0.0213. The number of halogens is 1. The van der Waals surface area contributed by atoms with Gasteiger partial charge in [-0.3, -0.25) is 4.79 Å². The number of ether oxygens (including phenoxy) is 1. The fraction of sp³-hybridized carbons (Fsp3) is 0.400. The quantitative estimate of drug-likeness (QED) is 0.787.